The standard InChI is InChI=1S/C10H12ClNO4/c1-5(13)12-8-4-9(16-2)6(10(14)15)3-7(8)11/h3-4,6,9H,1-2H3,(H,12,13)(H,14,15). The predicted molar refractivity (Wildman–Crippen MR) is 57.8 cm³/mol. The van der Waals surface area contributed by atoms with Gasteiger partial charge in [-0.3, -0.25) is 9.59 Å². The number of allylic oxidation sites excluding steroid dienone is 1. The monoisotopic (exact) mass is 245 g/mol. The smallest absolute Gasteiger partial charge is 0.313 e. The number of carbonyl (C=O) groups excluding carboxylic acids is 1. The Kier molecular flexibility index (Phi) is 4.09. The second kappa shape index (κ2) is 5.14. The quantitative estimate of drug-likeness (QED) is 0.773. The van der Waals surface area contributed by atoms with E-state index in [-0.39, 0.29) is 10.9 Å². The molecule has 1 amide bonds. The summed E-state index contributed by atoms with van der Waals surface area (Å²) in [4.78, 5) is 21.8. The molecule has 88 valence electrons. The van der Waals surface area contributed by atoms with Gasteiger partial charge in [-0.2, -0.15) is 0 Å². The number of carboxylic acid groups (broad SMARTS) is 1. The number of halogens is 1. The van der Waals surface area contributed by atoms with Gasteiger partial charge in [0.1, 0.15) is 5.92 Å². The molecule has 0 radical (unpaired) electrons. The number of hydrogen-bond donors (Lipinski definition) is 2. The largest absolute Gasteiger partial charge is 0.481 e. The third kappa shape index (κ3) is 2.84. The molecule has 2 atom stereocenters. The van der Waals surface area contributed by atoms with Crippen molar-refractivity contribution in [2.24, 2.45) is 5.92 Å². The fourth-order valence-electron chi connectivity index (χ4n) is 1.41. The Morgan fingerprint density at radius 2 is 2.12 bits per heavy atom. The number of ether oxygens (including phenoxy) is 1. The van der Waals surface area contributed by atoms with E-state index in [1.165, 1.54) is 26.2 Å². The number of nitrogens with one attached hydrogen (secondary N) is 1. The molecule has 0 bridgehead atoms. The first-order valence-corrected chi connectivity index (χ1v) is 4.96. The Labute approximate surface area is 97.7 Å². The molecule has 0 heterocycles. The molecule has 0 saturated carbocycles. The summed E-state index contributed by atoms with van der Waals surface area (Å²) in [6, 6.07) is 0. The van der Waals surface area contributed by atoms with Crippen LogP contribution in [-0.2, 0) is 14.3 Å². The molecule has 0 aliphatic heterocycles. The lowest BCUT2D eigenvalue weighted by Crippen LogP contribution is -2.32. The topological polar surface area (TPSA) is 75.6 Å². The van der Waals surface area contributed by atoms with Gasteiger partial charge in [0.05, 0.1) is 16.8 Å². The highest BCUT2D eigenvalue weighted by atomic mass is 35.5. The second-order valence-corrected chi connectivity index (χ2v) is 3.75. The van der Waals surface area contributed by atoms with E-state index >= 15 is 0 Å². The summed E-state index contributed by atoms with van der Waals surface area (Å²) in [7, 11) is 1.40. The van der Waals surface area contributed by atoms with Crippen LogP contribution in [0.5, 0.6) is 0 Å². The van der Waals surface area contributed by atoms with Crippen LogP contribution < -0.4 is 5.32 Å². The summed E-state index contributed by atoms with van der Waals surface area (Å²) >= 11 is 5.85. The molecule has 5 nitrogen and oxygen atoms in total. The minimum atomic E-state index is -1.02. The zero-order valence-corrected chi connectivity index (χ0v) is 9.62. The molecule has 0 aromatic rings. The summed E-state index contributed by atoms with van der Waals surface area (Å²) in [6.45, 7) is 1.34. The molecule has 2 N–H and O–H groups in total. The number of amides is 1. The Morgan fingerprint density at radius 3 is 2.56 bits per heavy atom. The molecule has 0 fully saturated rings. The molecule has 0 saturated heterocycles. The molecule has 0 spiro atoms. The minimum Gasteiger partial charge on any atom is -0.481 e. The van der Waals surface area contributed by atoms with Crippen molar-refractivity contribution >= 4 is 23.5 Å². The van der Waals surface area contributed by atoms with Crippen LogP contribution in [-0.4, -0.2) is 30.2 Å². The first-order chi connectivity index (χ1) is 7.45. The van der Waals surface area contributed by atoms with Gasteiger partial charge in [-0.1, -0.05) is 11.6 Å². The molecule has 16 heavy (non-hydrogen) atoms. The fourth-order valence-corrected chi connectivity index (χ4v) is 1.65. The van der Waals surface area contributed by atoms with E-state index in [0.717, 1.165) is 0 Å². The summed E-state index contributed by atoms with van der Waals surface area (Å²) in [6.07, 6.45) is 2.20. The zero-order chi connectivity index (χ0) is 12.3. The molecule has 1 aliphatic rings. The van der Waals surface area contributed by atoms with E-state index < -0.39 is 18.0 Å². The Morgan fingerprint density at radius 1 is 1.50 bits per heavy atom. The second-order valence-electron chi connectivity index (χ2n) is 3.34. The summed E-state index contributed by atoms with van der Waals surface area (Å²) < 4.78 is 5.01. The molecule has 6 heteroatoms. The van der Waals surface area contributed by atoms with Crippen molar-refractivity contribution in [3.05, 3.63) is 22.9 Å². The van der Waals surface area contributed by atoms with Crippen LogP contribution in [0.1, 0.15) is 6.92 Å². The van der Waals surface area contributed by atoms with Crippen LogP contribution in [0.2, 0.25) is 0 Å². The van der Waals surface area contributed by atoms with E-state index in [1.807, 2.05) is 0 Å². The van der Waals surface area contributed by atoms with Crippen molar-refractivity contribution in [1.82, 2.24) is 5.32 Å². The van der Waals surface area contributed by atoms with Gasteiger partial charge in [0.15, 0.2) is 0 Å². The lowest BCUT2D eigenvalue weighted by atomic mass is 9.96. The van der Waals surface area contributed by atoms with Gasteiger partial charge >= 0.3 is 5.97 Å². The third-order valence-electron chi connectivity index (χ3n) is 2.14. The summed E-state index contributed by atoms with van der Waals surface area (Å²) in [5, 5.41) is 11.6. The van der Waals surface area contributed by atoms with E-state index in [9.17, 15) is 9.59 Å². The highest BCUT2D eigenvalue weighted by molar-refractivity contribution is 6.32. The highest BCUT2D eigenvalue weighted by Gasteiger charge is 2.30. The molecule has 0 aromatic carbocycles. The number of hydrogen-bond acceptors (Lipinski definition) is 3. The fraction of sp³-hybridized carbons (Fsp3) is 0.400. The van der Waals surface area contributed by atoms with E-state index in [0.29, 0.717) is 5.70 Å². The minimum absolute atomic E-state index is 0.205. The van der Waals surface area contributed by atoms with E-state index in [4.69, 9.17) is 21.4 Å². The lowest BCUT2D eigenvalue weighted by molar-refractivity contribution is -0.143. The van der Waals surface area contributed by atoms with Gasteiger partial charge in [0, 0.05) is 14.0 Å². The Balaban J connectivity index is 2.95. The van der Waals surface area contributed by atoms with Crippen molar-refractivity contribution in [2.75, 3.05) is 7.11 Å². The number of carboxylic acids is 1. The molecule has 2 unspecified atom stereocenters. The van der Waals surface area contributed by atoms with Crippen LogP contribution in [0, 0.1) is 5.92 Å². The van der Waals surface area contributed by atoms with Crippen molar-refractivity contribution in [2.45, 2.75) is 13.0 Å². The number of carbonyl (C=O) groups is 2. The Bertz CT molecular complexity index is 375. The SMILES string of the molecule is COC1C=C(NC(C)=O)C(Cl)=CC1C(=O)O. The summed E-state index contributed by atoms with van der Waals surface area (Å²) in [5.41, 5.74) is 0.374. The maximum atomic E-state index is 10.9. The van der Waals surface area contributed by atoms with Gasteiger partial charge in [0.2, 0.25) is 5.91 Å². The van der Waals surface area contributed by atoms with E-state index in [2.05, 4.69) is 5.32 Å². The maximum Gasteiger partial charge on any atom is 0.313 e. The van der Waals surface area contributed by atoms with Crippen molar-refractivity contribution in [1.29, 1.82) is 0 Å². The molecular formula is C10H12ClNO4. The summed E-state index contributed by atoms with van der Waals surface area (Å²) in [5.74, 6) is -2.14. The third-order valence-corrected chi connectivity index (χ3v) is 2.47. The first-order valence-electron chi connectivity index (χ1n) is 4.58. The number of rotatable bonds is 3. The molecule has 0 aromatic heterocycles. The Hall–Kier alpha value is -1.33. The number of methoxy groups -OCH3 is 1. The molecule has 1 rings (SSSR count). The zero-order valence-electron chi connectivity index (χ0n) is 8.86. The lowest BCUT2D eigenvalue weighted by Gasteiger charge is -2.23. The van der Waals surface area contributed by atoms with Gasteiger partial charge in [-0.15, -0.1) is 0 Å². The molecule has 1 aliphatic carbocycles. The van der Waals surface area contributed by atoms with Crippen molar-refractivity contribution in [3.8, 4) is 0 Å². The van der Waals surface area contributed by atoms with Crippen molar-refractivity contribution in [3.63, 3.8) is 0 Å². The van der Waals surface area contributed by atoms with Crippen molar-refractivity contribution < 1.29 is 19.4 Å². The van der Waals surface area contributed by atoms with Crippen LogP contribution in [0.25, 0.3) is 0 Å². The average molecular weight is 246 g/mol. The van der Waals surface area contributed by atoms with Crippen LogP contribution >= 0.6 is 11.6 Å². The van der Waals surface area contributed by atoms with Gasteiger partial charge in [0.25, 0.3) is 0 Å². The van der Waals surface area contributed by atoms with Gasteiger partial charge in [-0.05, 0) is 12.2 Å². The van der Waals surface area contributed by atoms with Crippen LogP contribution in [0.15, 0.2) is 22.9 Å². The highest BCUT2D eigenvalue weighted by Crippen LogP contribution is 2.26. The van der Waals surface area contributed by atoms with Crippen LogP contribution in [0.3, 0.4) is 0 Å². The van der Waals surface area contributed by atoms with E-state index in [1.54, 1.807) is 0 Å². The number of aliphatic carboxylic acids is 1. The normalized spacial score (nSPS) is 24.4. The van der Waals surface area contributed by atoms with Gasteiger partial charge in [-0.25, -0.2) is 0 Å². The maximum absolute atomic E-state index is 10.9. The predicted octanol–water partition coefficient (Wildman–Crippen LogP) is 0.858. The molecular weight excluding hydrogens is 234 g/mol. The first kappa shape index (κ1) is 12.7. The van der Waals surface area contributed by atoms with Crippen LogP contribution in [0.4, 0.5) is 0 Å². The average Bonchev–Trinajstić information content (AvgIpc) is 2.19. The van der Waals surface area contributed by atoms with Gasteiger partial charge < -0.3 is 15.2 Å².